The average Bonchev–Trinajstić information content (AvgIpc) is 2.47. The lowest BCUT2D eigenvalue weighted by Crippen LogP contribution is -2.51. The van der Waals surface area contributed by atoms with E-state index in [1.165, 1.54) is 31.2 Å². The van der Waals surface area contributed by atoms with Crippen molar-refractivity contribution in [3.63, 3.8) is 0 Å². The third kappa shape index (κ3) is 2.56. The second-order valence-corrected chi connectivity index (χ2v) is 6.49. The van der Waals surface area contributed by atoms with E-state index in [-0.39, 0.29) is 5.54 Å². The Kier molecular flexibility index (Phi) is 3.64. The van der Waals surface area contributed by atoms with Gasteiger partial charge in [0.2, 0.25) is 0 Å². The Labute approximate surface area is 117 Å². The van der Waals surface area contributed by atoms with Gasteiger partial charge in [-0.1, -0.05) is 18.2 Å². The van der Waals surface area contributed by atoms with Crippen LogP contribution in [0, 0.1) is 0 Å². The molecule has 1 N–H and O–H groups in total. The van der Waals surface area contributed by atoms with Crippen molar-refractivity contribution >= 4 is 0 Å². The number of nitrogens with one attached hydrogen (secondary N) is 1. The minimum Gasteiger partial charge on any atom is -0.314 e. The number of benzene rings is 1. The molecule has 1 aromatic rings. The molecule has 0 spiro atoms. The van der Waals surface area contributed by atoms with Crippen LogP contribution >= 0.6 is 0 Å². The van der Waals surface area contributed by atoms with Gasteiger partial charge in [-0.15, -0.1) is 0 Å². The van der Waals surface area contributed by atoms with Gasteiger partial charge in [0.1, 0.15) is 0 Å². The van der Waals surface area contributed by atoms with Gasteiger partial charge in [-0.05, 0) is 56.2 Å². The molecule has 1 heterocycles. The zero-order chi connectivity index (χ0) is 13.3. The average molecular weight is 258 g/mol. The van der Waals surface area contributed by atoms with Crippen LogP contribution in [-0.4, -0.2) is 31.1 Å². The second-order valence-electron chi connectivity index (χ2n) is 6.49. The van der Waals surface area contributed by atoms with Crippen molar-refractivity contribution in [1.82, 2.24) is 10.2 Å². The first-order chi connectivity index (χ1) is 9.18. The topological polar surface area (TPSA) is 15.3 Å². The molecule has 3 rings (SSSR count). The maximum Gasteiger partial charge on any atom is 0.0405 e. The van der Waals surface area contributed by atoms with Gasteiger partial charge in [0.25, 0.3) is 0 Å². The fraction of sp³-hybridized carbons (Fsp3) is 0.647. The first-order valence-corrected chi connectivity index (χ1v) is 7.76. The molecule has 104 valence electrons. The van der Waals surface area contributed by atoms with Crippen LogP contribution in [0.5, 0.6) is 0 Å². The molecule has 1 aromatic carbocycles. The normalized spacial score (nSPS) is 21.2. The highest BCUT2D eigenvalue weighted by atomic mass is 15.2. The predicted molar refractivity (Wildman–Crippen MR) is 80.6 cm³/mol. The molecule has 0 aromatic heterocycles. The van der Waals surface area contributed by atoms with E-state index in [1.54, 1.807) is 11.1 Å². The summed E-state index contributed by atoms with van der Waals surface area (Å²) in [6.45, 7) is 9.31. The monoisotopic (exact) mass is 258 g/mol. The van der Waals surface area contributed by atoms with Crippen LogP contribution in [0.15, 0.2) is 18.2 Å². The quantitative estimate of drug-likeness (QED) is 0.877. The standard InChI is InChI=1S/C17H26N2/c1-17(2,19-11-9-18-10-12-19)16-8-7-14-5-3-4-6-15(14)13-16/h7-8,13,18H,3-6,9-12H2,1-2H3. The van der Waals surface area contributed by atoms with E-state index in [9.17, 15) is 0 Å². The molecule has 2 nitrogen and oxygen atoms in total. The molecule has 2 heteroatoms. The third-order valence-corrected chi connectivity index (χ3v) is 4.96. The molecular formula is C17H26N2. The van der Waals surface area contributed by atoms with Gasteiger partial charge >= 0.3 is 0 Å². The van der Waals surface area contributed by atoms with E-state index in [0.717, 1.165) is 26.2 Å². The Bertz CT molecular complexity index is 445. The van der Waals surface area contributed by atoms with E-state index in [1.807, 2.05) is 0 Å². The van der Waals surface area contributed by atoms with Crippen molar-refractivity contribution in [2.24, 2.45) is 0 Å². The SMILES string of the molecule is CC(C)(c1ccc2c(c1)CCCC2)N1CCNCC1. The summed E-state index contributed by atoms with van der Waals surface area (Å²) in [5.41, 5.74) is 4.85. The first kappa shape index (κ1) is 13.1. The minimum atomic E-state index is 0.161. The maximum atomic E-state index is 3.45. The fourth-order valence-corrected chi connectivity index (χ4v) is 3.52. The highest BCUT2D eigenvalue weighted by Gasteiger charge is 2.30. The summed E-state index contributed by atoms with van der Waals surface area (Å²) in [7, 11) is 0. The summed E-state index contributed by atoms with van der Waals surface area (Å²) < 4.78 is 0. The Morgan fingerprint density at radius 1 is 1.00 bits per heavy atom. The zero-order valence-corrected chi connectivity index (χ0v) is 12.3. The van der Waals surface area contributed by atoms with Crippen molar-refractivity contribution in [3.8, 4) is 0 Å². The molecular weight excluding hydrogens is 232 g/mol. The van der Waals surface area contributed by atoms with E-state index in [4.69, 9.17) is 0 Å². The second kappa shape index (κ2) is 5.26. The van der Waals surface area contributed by atoms with Gasteiger partial charge in [-0.3, -0.25) is 4.90 Å². The number of hydrogen-bond acceptors (Lipinski definition) is 2. The summed E-state index contributed by atoms with van der Waals surface area (Å²) >= 11 is 0. The lowest BCUT2D eigenvalue weighted by atomic mass is 9.85. The zero-order valence-electron chi connectivity index (χ0n) is 12.3. The third-order valence-electron chi connectivity index (χ3n) is 4.96. The Morgan fingerprint density at radius 2 is 1.68 bits per heavy atom. The largest absolute Gasteiger partial charge is 0.314 e. The summed E-state index contributed by atoms with van der Waals surface area (Å²) in [6, 6.07) is 7.23. The summed E-state index contributed by atoms with van der Waals surface area (Å²) in [4.78, 5) is 2.62. The van der Waals surface area contributed by atoms with E-state index < -0.39 is 0 Å². The Morgan fingerprint density at radius 3 is 2.42 bits per heavy atom. The van der Waals surface area contributed by atoms with Crippen LogP contribution < -0.4 is 5.32 Å². The molecule has 2 aliphatic rings. The van der Waals surface area contributed by atoms with Crippen LogP contribution in [0.3, 0.4) is 0 Å². The predicted octanol–water partition coefficient (Wildman–Crippen LogP) is 2.71. The molecule has 0 bridgehead atoms. The van der Waals surface area contributed by atoms with E-state index in [0.29, 0.717) is 0 Å². The fourth-order valence-electron chi connectivity index (χ4n) is 3.52. The molecule has 0 atom stereocenters. The van der Waals surface area contributed by atoms with Crippen molar-refractivity contribution < 1.29 is 0 Å². The molecule has 1 saturated heterocycles. The van der Waals surface area contributed by atoms with Crippen molar-refractivity contribution in [2.45, 2.75) is 45.1 Å². The number of hydrogen-bond donors (Lipinski definition) is 1. The molecule has 19 heavy (non-hydrogen) atoms. The lowest BCUT2D eigenvalue weighted by Gasteiger charge is -2.42. The number of fused-ring (bicyclic) bond motifs is 1. The van der Waals surface area contributed by atoms with Gasteiger partial charge in [0, 0.05) is 31.7 Å². The maximum absolute atomic E-state index is 3.45. The van der Waals surface area contributed by atoms with Crippen molar-refractivity contribution in [2.75, 3.05) is 26.2 Å². The lowest BCUT2D eigenvalue weighted by molar-refractivity contribution is 0.102. The summed E-state index contributed by atoms with van der Waals surface area (Å²) in [5, 5.41) is 3.45. The number of rotatable bonds is 2. The Hall–Kier alpha value is -0.860. The molecule has 1 fully saturated rings. The summed E-state index contributed by atoms with van der Waals surface area (Å²) in [6.07, 6.45) is 5.29. The van der Waals surface area contributed by atoms with Gasteiger partial charge < -0.3 is 5.32 Å². The number of nitrogens with zero attached hydrogens (tertiary/aromatic N) is 1. The van der Waals surface area contributed by atoms with Gasteiger partial charge in [-0.2, -0.15) is 0 Å². The van der Waals surface area contributed by atoms with Crippen molar-refractivity contribution in [1.29, 1.82) is 0 Å². The van der Waals surface area contributed by atoms with E-state index >= 15 is 0 Å². The smallest absolute Gasteiger partial charge is 0.0405 e. The molecule has 0 radical (unpaired) electrons. The molecule has 1 aliphatic carbocycles. The van der Waals surface area contributed by atoms with Crippen LogP contribution in [-0.2, 0) is 18.4 Å². The van der Waals surface area contributed by atoms with Crippen molar-refractivity contribution in [3.05, 3.63) is 34.9 Å². The van der Waals surface area contributed by atoms with Gasteiger partial charge in [0.05, 0.1) is 0 Å². The molecule has 1 aliphatic heterocycles. The summed E-state index contributed by atoms with van der Waals surface area (Å²) in [5.74, 6) is 0. The van der Waals surface area contributed by atoms with Crippen LogP contribution in [0.2, 0.25) is 0 Å². The number of piperazine rings is 1. The van der Waals surface area contributed by atoms with Gasteiger partial charge in [-0.25, -0.2) is 0 Å². The Balaban J connectivity index is 1.87. The van der Waals surface area contributed by atoms with Crippen LogP contribution in [0.1, 0.15) is 43.4 Å². The van der Waals surface area contributed by atoms with Crippen LogP contribution in [0.25, 0.3) is 0 Å². The molecule has 0 unspecified atom stereocenters. The van der Waals surface area contributed by atoms with Crippen LogP contribution in [0.4, 0.5) is 0 Å². The first-order valence-electron chi connectivity index (χ1n) is 7.76. The number of aryl methyl sites for hydroxylation is 2. The minimum absolute atomic E-state index is 0.161. The molecule has 0 amide bonds. The molecule has 0 saturated carbocycles. The highest BCUT2D eigenvalue weighted by molar-refractivity contribution is 5.36. The highest BCUT2D eigenvalue weighted by Crippen LogP contribution is 2.31. The van der Waals surface area contributed by atoms with Gasteiger partial charge in [0.15, 0.2) is 0 Å². The van der Waals surface area contributed by atoms with E-state index in [2.05, 4.69) is 42.3 Å².